The number of ether oxygens (including phenoxy) is 1. The molecule has 1 amide bonds. The molecule has 1 aliphatic heterocycles. The molecule has 2 aromatic rings. The summed E-state index contributed by atoms with van der Waals surface area (Å²) in [5.74, 6) is -0.823. The fourth-order valence-electron chi connectivity index (χ4n) is 4.36. The van der Waals surface area contributed by atoms with E-state index in [1.165, 1.54) is 47.0 Å². The minimum absolute atomic E-state index is 0.189. The maximum absolute atomic E-state index is 12.9. The summed E-state index contributed by atoms with van der Waals surface area (Å²) in [7, 11) is -2.20. The summed E-state index contributed by atoms with van der Waals surface area (Å²) in [5.41, 5.74) is 1.77. The van der Waals surface area contributed by atoms with Gasteiger partial charge in [0.05, 0.1) is 17.6 Å². The van der Waals surface area contributed by atoms with Crippen molar-refractivity contribution in [3.63, 3.8) is 0 Å². The number of rotatable bonds is 5. The van der Waals surface area contributed by atoms with Gasteiger partial charge >= 0.3 is 5.97 Å². The predicted octanol–water partition coefficient (Wildman–Crippen LogP) is 4.23. The molecule has 0 radical (unpaired) electrons. The maximum Gasteiger partial charge on any atom is 0.341 e. The fraction of sp³-hybridized carbons (Fsp3) is 0.478. The van der Waals surface area contributed by atoms with Gasteiger partial charge in [-0.2, -0.15) is 4.31 Å². The van der Waals surface area contributed by atoms with Crippen molar-refractivity contribution in [2.75, 3.05) is 25.5 Å². The van der Waals surface area contributed by atoms with E-state index in [1.807, 2.05) is 0 Å². The van der Waals surface area contributed by atoms with Crippen molar-refractivity contribution in [2.45, 2.75) is 56.3 Å². The van der Waals surface area contributed by atoms with Gasteiger partial charge < -0.3 is 10.1 Å². The lowest BCUT2D eigenvalue weighted by Gasteiger charge is -2.25. The van der Waals surface area contributed by atoms with Gasteiger partial charge in [-0.1, -0.05) is 12.8 Å². The Kier molecular flexibility index (Phi) is 6.97. The second-order valence-corrected chi connectivity index (χ2v) is 11.2. The summed E-state index contributed by atoms with van der Waals surface area (Å²) in [6.45, 7) is 1.06. The topological polar surface area (TPSA) is 92.8 Å². The molecule has 2 heterocycles. The monoisotopic (exact) mass is 476 g/mol. The van der Waals surface area contributed by atoms with E-state index in [0.717, 1.165) is 61.8 Å². The number of hydrogen-bond donors (Lipinski definition) is 1. The highest BCUT2D eigenvalue weighted by Gasteiger charge is 2.28. The van der Waals surface area contributed by atoms with Gasteiger partial charge in [0.25, 0.3) is 5.91 Å². The van der Waals surface area contributed by atoms with Crippen molar-refractivity contribution in [1.82, 2.24) is 4.31 Å². The van der Waals surface area contributed by atoms with E-state index in [2.05, 4.69) is 5.32 Å². The second-order valence-electron chi connectivity index (χ2n) is 8.20. The van der Waals surface area contributed by atoms with Crippen molar-refractivity contribution in [3.8, 4) is 0 Å². The highest BCUT2D eigenvalue weighted by molar-refractivity contribution is 7.89. The Hall–Kier alpha value is -2.23. The van der Waals surface area contributed by atoms with Gasteiger partial charge in [-0.3, -0.25) is 4.79 Å². The number of amides is 1. The summed E-state index contributed by atoms with van der Waals surface area (Å²) >= 11 is 1.43. The van der Waals surface area contributed by atoms with Crippen LogP contribution in [-0.4, -0.2) is 44.8 Å². The van der Waals surface area contributed by atoms with Crippen LogP contribution in [0.15, 0.2) is 29.2 Å². The molecule has 1 aliphatic carbocycles. The van der Waals surface area contributed by atoms with Gasteiger partial charge in [0.1, 0.15) is 5.00 Å². The molecule has 0 spiro atoms. The number of fused-ring (bicyclic) bond motifs is 1. The molecule has 4 rings (SSSR count). The van der Waals surface area contributed by atoms with Crippen LogP contribution in [0.2, 0.25) is 0 Å². The van der Waals surface area contributed by atoms with Gasteiger partial charge in [0, 0.05) is 23.5 Å². The minimum atomic E-state index is -3.55. The Labute approximate surface area is 192 Å². The van der Waals surface area contributed by atoms with Crippen LogP contribution < -0.4 is 5.32 Å². The zero-order valence-corrected chi connectivity index (χ0v) is 19.8. The van der Waals surface area contributed by atoms with Gasteiger partial charge in [0.15, 0.2) is 0 Å². The van der Waals surface area contributed by atoms with Gasteiger partial charge in [0.2, 0.25) is 10.0 Å². The van der Waals surface area contributed by atoms with Crippen LogP contribution in [0.3, 0.4) is 0 Å². The number of anilines is 1. The summed E-state index contributed by atoms with van der Waals surface area (Å²) in [6, 6.07) is 5.98. The molecule has 0 unspecified atom stereocenters. The van der Waals surface area contributed by atoms with Gasteiger partial charge in [-0.15, -0.1) is 11.3 Å². The molecule has 7 nitrogen and oxygen atoms in total. The number of methoxy groups -OCH3 is 1. The van der Waals surface area contributed by atoms with Crippen molar-refractivity contribution < 1.29 is 22.7 Å². The summed E-state index contributed by atoms with van der Waals surface area (Å²) in [6.07, 6.45) is 7.67. The summed E-state index contributed by atoms with van der Waals surface area (Å²) in [4.78, 5) is 26.7. The molecule has 1 fully saturated rings. The third-order valence-corrected chi connectivity index (χ3v) is 9.23. The fourth-order valence-corrected chi connectivity index (χ4v) is 7.15. The number of nitrogens with zero attached hydrogens (tertiary/aromatic N) is 1. The first-order valence-electron chi connectivity index (χ1n) is 11.1. The Morgan fingerprint density at radius 1 is 0.969 bits per heavy atom. The molecule has 32 heavy (non-hydrogen) atoms. The Bertz CT molecular complexity index is 1100. The number of thiophene rings is 1. The highest BCUT2D eigenvalue weighted by Crippen LogP contribution is 2.38. The summed E-state index contributed by atoms with van der Waals surface area (Å²) < 4.78 is 32.1. The lowest BCUT2D eigenvalue weighted by atomic mass is 10.1. The smallest absolute Gasteiger partial charge is 0.341 e. The number of sulfonamides is 1. The number of benzene rings is 1. The lowest BCUT2D eigenvalue weighted by molar-refractivity contribution is 0.0601. The first-order chi connectivity index (χ1) is 15.4. The Morgan fingerprint density at radius 3 is 2.31 bits per heavy atom. The average molecular weight is 477 g/mol. The van der Waals surface area contributed by atoms with Gasteiger partial charge in [-0.05, 0) is 68.4 Å². The number of hydrogen-bond acceptors (Lipinski definition) is 6. The average Bonchev–Trinajstić information content (AvgIpc) is 2.99. The molecule has 1 aromatic carbocycles. The standard InChI is InChI=1S/C23H28N2O5S2/c1-30-23(27)20-18-8-4-2-5-9-19(18)31-22(20)24-21(26)16-10-12-17(13-11-16)32(28,29)25-14-6-3-7-15-25/h10-13H,2-9,14-15H2,1H3,(H,24,26). The maximum atomic E-state index is 12.9. The molecule has 1 N–H and O–H groups in total. The van der Waals surface area contributed by atoms with Crippen molar-refractivity contribution >= 4 is 38.2 Å². The van der Waals surface area contributed by atoms with E-state index >= 15 is 0 Å². The molecule has 0 atom stereocenters. The second kappa shape index (κ2) is 9.72. The van der Waals surface area contributed by atoms with E-state index < -0.39 is 16.0 Å². The Balaban J connectivity index is 1.55. The minimum Gasteiger partial charge on any atom is -0.465 e. The van der Waals surface area contributed by atoms with Crippen LogP contribution in [0.1, 0.15) is 69.7 Å². The first-order valence-corrected chi connectivity index (χ1v) is 13.3. The molecule has 1 aromatic heterocycles. The predicted molar refractivity (Wildman–Crippen MR) is 124 cm³/mol. The number of carbonyl (C=O) groups is 2. The van der Waals surface area contributed by atoms with Crippen LogP contribution >= 0.6 is 11.3 Å². The quantitative estimate of drug-likeness (QED) is 0.515. The van der Waals surface area contributed by atoms with E-state index in [9.17, 15) is 18.0 Å². The zero-order valence-electron chi connectivity index (χ0n) is 18.2. The van der Waals surface area contributed by atoms with Gasteiger partial charge in [-0.25, -0.2) is 13.2 Å². The molecule has 9 heteroatoms. The third-order valence-electron chi connectivity index (χ3n) is 6.11. The highest BCUT2D eigenvalue weighted by atomic mass is 32.2. The number of aryl methyl sites for hydroxylation is 1. The van der Waals surface area contributed by atoms with E-state index in [4.69, 9.17) is 4.74 Å². The molecule has 2 aliphatic rings. The number of nitrogens with one attached hydrogen (secondary N) is 1. The zero-order chi connectivity index (χ0) is 22.7. The normalized spacial score (nSPS) is 17.3. The number of esters is 1. The van der Waals surface area contributed by atoms with Crippen molar-refractivity contribution in [2.24, 2.45) is 0 Å². The SMILES string of the molecule is COC(=O)c1c(NC(=O)c2ccc(S(=O)(=O)N3CCCCC3)cc2)sc2c1CCCCC2. The third kappa shape index (κ3) is 4.60. The molecule has 0 saturated carbocycles. The van der Waals surface area contributed by atoms with Crippen LogP contribution in [-0.2, 0) is 27.6 Å². The number of piperidine rings is 1. The number of carbonyl (C=O) groups excluding carboxylic acids is 2. The molecular weight excluding hydrogens is 448 g/mol. The van der Waals surface area contributed by atoms with Crippen LogP contribution in [0.25, 0.3) is 0 Å². The molecule has 172 valence electrons. The van der Waals surface area contributed by atoms with E-state index in [-0.39, 0.29) is 10.8 Å². The molecule has 1 saturated heterocycles. The Morgan fingerprint density at radius 2 is 1.62 bits per heavy atom. The van der Waals surface area contributed by atoms with Crippen LogP contribution in [0.5, 0.6) is 0 Å². The van der Waals surface area contributed by atoms with E-state index in [0.29, 0.717) is 29.2 Å². The first kappa shape index (κ1) is 22.9. The van der Waals surface area contributed by atoms with Crippen LogP contribution in [0, 0.1) is 0 Å². The van der Waals surface area contributed by atoms with E-state index in [1.54, 1.807) is 0 Å². The molecular formula is C23H28N2O5S2. The van der Waals surface area contributed by atoms with Crippen molar-refractivity contribution in [3.05, 3.63) is 45.8 Å². The largest absolute Gasteiger partial charge is 0.465 e. The summed E-state index contributed by atoms with van der Waals surface area (Å²) in [5, 5.41) is 3.36. The lowest BCUT2D eigenvalue weighted by Crippen LogP contribution is -2.35. The van der Waals surface area contributed by atoms with Crippen molar-refractivity contribution in [1.29, 1.82) is 0 Å². The van der Waals surface area contributed by atoms with Crippen LogP contribution in [0.4, 0.5) is 5.00 Å². The molecule has 0 bridgehead atoms.